The van der Waals surface area contributed by atoms with Crippen LogP contribution in [0.4, 0.5) is 11.4 Å². The molecule has 2 aliphatic heterocycles. The third kappa shape index (κ3) is 5.29. The van der Waals surface area contributed by atoms with E-state index in [-0.39, 0.29) is 31.2 Å². The number of thiazole rings is 1. The number of carbonyl (C=O) groups excluding carboxylic acids is 2. The fraction of sp³-hybridized carbons (Fsp3) is 0.314. The molecule has 3 aliphatic rings. The number of aliphatic hydroxyl groups is 1. The number of benzene rings is 3. The monoisotopic (exact) mass is 671 g/mol. The van der Waals surface area contributed by atoms with E-state index in [1.54, 1.807) is 6.92 Å². The first-order chi connectivity index (χ1) is 22.3. The molecular formula is C35H33N3O5S3. The Hall–Kier alpha value is -3.77. The number of esters is 1. The summed E-state index contributed by atoms with van der Waals surface area (Å²) < 4.78 is 7.80. The van der Waals surface area contributed by atoms with Crippen LogP contribution < -0.4 is 19.7 Å². The van der Waals surface area contributed by atoms with Gasteiger partial charge in [-0.3, -0.25) is 23.9 Å². The molecule has 236 valence electrons. The fourth-order valence-electron chi connectivity index (χ4n) is 6.95. The van der Waals surface area contributed by atoms with E-state index in [0.29, 0.717) is 36.9 Å². The van der Waals surface area contributed by atoms with Crippen molar-refractivity contribution in [2.75, 3.05) is 18.1 Å². The Morgan fingerprint density at radius 2 is 1.87 bits per heavy atom. The van der Waals surface area contributed by atoms with Crippen LogP contribution in [0.2, 0.25) is 0 Å². The van der Waals surface area contributed by atoms with Gasteiger partial charge in [0.25, 0.3) is 11.5 Å². The lowest BCUT2D eigenvalue weighted by Crippen LogP contribution is -2.36. The average Bonchev–Trinajstić information content (AvgIpc) is 3.79. The Kier molecular flexibility index (Phi) is 8.35. The molecule has 2 fully saturated rings. The highest BCUT2D eigenvalue weighted by molar-refractivity contribution is 8.30. The minimum absolute atomic E-state index is 0.0222. The van der Waals surface area contributed by atoms with Gasteiger partial charge in [0.1, 0.15) is 20.4 Å². The summed E-state index contributed by atoms with van der Waals surface area (Å²) in [5.74, 6) is -0.400. The van der Waals surface area contributed by atoms with Gasteiger partial charge in [-0.15, -0.1) is 11.3 Å². The van der Waals surface area contributed by atoms with Gasteiger partial charge < -0.3 is 14.7 Å². The molecule has 4 aromatic rings. The third-order valence-corrected chi connectivity index (χ3v) is 11.7. The van der Waals surface area contributed by atoms with Crippen LogP contribution in [-0.2, 0) is 27.5 Å². The maximum Gasteiger partial charge on any atom is 0.326 e. The van der Waals surface area contributed by atoms with Crippen LogP contribution in [-0.4, -0.2) is 50.0 Å². The molecule has 0 radical (unpaired) electrons. The number of carbonyl (C=O) groups is 2. The molecular weight excluding hydrogens is 639 g/mol. The summed E-state index contributed by atoms with van der Waals surface area (Å²) in [4.78, 5) is 43.8. The Balaban J connectivity index is 1.31. The van der Waals surface area contributed by atoms with Gasteiger partial charge in [0.2, 0.25) is 0 Å². The van der Waals surface area contributed by atoms with Crippen LogP contribution in [0.1, 0.15) is 55.7 Å². The highest BCUT2D eigenvalue weighted by Gasteiger charge is 2.42. The van der Waals surface area contributed by atoms with Gasteiger partial charge in [-0.05, 0) is 90.6 Å². The molecule has 0 bridgehead atoms. The second-order valence-electron chi connectivity index (χ2n) is 11.7. The van der Waals surface area contributed by atoms with E-state index in [1.807, 2.05) is 31.2 Å². The van der Waals surface area contributed by atoms with E-state index in [2.05, 4.69) is 41.3 Å². The number of aliphatic hydroxyl groups excluding tert-OH is 1. The Morgan fingerprint density at radius 3 is 2.63 bits per heavy atom. The zero-order valence-corrected chi connectivity index (χ0v) is 28.0. The van der Waals surface area contributed by atoms with Gasteiger partial charge >= 0.3 is 5.97 Å². The number of amides is 1. The van der Waals surface area contributed by atoms with Crippen molar-refractivity contribution < 1.29 is 19.4 Å². The molecule has 2 atom stereocenters. The van der Waals surface area contributed by atoms with Crippen molar-refractivity contribution in [3.63, 3.8) is 0 Å². The summed E-state index contributed by atoms with van der Waals surface area (Å²) in [6.45, 7) is 3.94. The Morgan fingerprint density at radius 1 is 1.07 bits per heavy atom. The van der Waals surface area contributed by atoms with Crippen molar-refractivity contribution in [3.8, 4) is 0 Å². The van der Waals surface area contributed by atoms with Crippen molar-refractivity contribution in [2.24, 2.45) is 0 Å². The highest BCUT2D eigenvalue weighted by atomic mass is 32.2. The van der Waals surface area contributed by atoms with Gasteiger partial charge in [-0.25, -0.2) is 0 Å². The van der Waals surface area contributed by atoms with E-state index in [0.717, 1.165) is 58.6 Å². The molecule has 1 aliphatic carbocycles. The first-order valence-corrected chi connectivity index (χ1v) is 17.6. The molecule has 8 nitrogen and oxygen atoms in total. The quantitative estimate of drug-likeness (QED) is 0.223. The number of anilines is 2. The molecule has 7 rings (SSSR count). The molecule has 1 saturated heterocycles. The zero-order valence-electron chi connectivity index (χ0n) is 25.5. The predicted molar refractivity (Wildman–Crippen MR) is 188 cm³/mol. The molecule has 46 heavy (non-hydrogen) atoms. The molecule has 3 aromatic carbocycles. The van der Waals surface area contributed by atoms with Crippen molar-refractivity contribution in [1.29, 1.82) is 0 Å². The van der Waals surface area contributed by atoms with Crippen molar-refractivity contribution in [1.82, 2.24) is 9.47 Å². The maximum absolute atomic E-state index is 13.8. The Bertz CT molecular complexity index is 2100. The van der Waals surface area contributed by atoms with Crippen LogP contribution >= 0.6 is 35.3 Å². The first kappa shape index (κ1) is 30.9. The van der Waals surface area contributed by atoms with Crippen LogP contribution in [0.25, 0.3) is 21.8 Å². The Labute approximate surface area is 279 Å². The topological polar surface area (TPSA) is 92.1 Å². The number of fused-ring (bicyclic) bond motifs is 4. The maximum atomic E-state index is 13.8. The van der Waals surface area contributed by atoms with Crippen LogP contribution in [0.5, 0.6) is 0 Å². The number of ether oxygens (including phenoxy) is 1. The van der Waals surface area contributed by atoms with E-state index < -0.39 is 5.97 Å². The lowest BCUT2D eigenvalue weighted by molar-refractivity contribution is -0.143. The van der Waals surface area contributed by atoms with Gasteiger partial charge in [-0.1, -0.05) is 54.7 Å². The van der Waals surface area contributed by atoms with Crippen LogP contribution in [0.3, 0.4) is 0 Å². The number of rotatable bonds is 7. The number of thioether (sulfide) groups is 1. The first-order valence-electron chi connectivity index (χ1n) is 15.5. The molecule has 11 heteroatoms. The van der Waals surface area contributed by atoms with Crippen LogP contribution in [0, 0.1) is 0 Å². The summed E-state index contributed by atoms with van der Waals surface area (Å²) in [6, 6.07) is 19.3. The standard InChI is InChI=1S/C35H33N3O5S3/c1-3-36-33(42)31(46-35(36)44)34-37(18-30(40)43-4-2)32(41)29(45-34)16-20-9-13-28-26(15-20)25-6-5-7-27(25)38(28)24-12-11-22-14-21(19-39)8-10-23(22)17-24/h8-17,25,27,39H,3-7,18-19H2,1-2H3. The van der Waals surface area contributed by atoms with Gasteiger partial charge in [-0.2, -0.15) is 0 Å². The van der Waals surface area contributed by atoms with E-state index >= 15 is 0 Å². The molecule has 1 amide bonds. The lowest BCUT2D eigenvalue weighted by Gasteiger charge is -2.27. The minimum Gasteiger partial charge on any atom is -0.465 e. The van der Waals surface area contributed by atoms with Crippen molar-refractivity contribution >= 4 is 84.6 Å². The summed E-state index contributed by atoms with van der Waals surface area (Å²) >= 11 is 7.79. The molecule has 1 saturated carbocycles. The van der Waals surface area contributed by atoms with E-state index in [4.69, 9.17) is 17.0 Å². The summed E-state index contributed by atoms with van der Waals surface area (Å²) in [5.41, 5.74) is 5.07. The number of aromatic nitrogens is 1. The summed E-state index contributed by atoms with van der Waals surface area (Å²) in [7, 11) is 0. The molecule has 2 unspecified atom stereocenters. The van der Waals surface area contributed by atoms with Gasteiger partial charge in [0.05, 0.1) is 17.7 Å². The number of nitrogens with zero attached hydrogens (tertiary/aromatic N) is 3. The largest absolute Gasteiger partial charge is 0.465 e. The fourth-order valence-corrected chi connectivity index (χ4v) is 9.59. The molecule has 0 spiro atoms. The number of hydrogen-bond acceptors (Lipinski definition) is 9. The van der Waals surface area contributed by atoms with Crippen molar-refractivity contribution in [2.45, 2.75) is 58.2 Å². The van der Waals surface area contributed by atoms with Crippen molar-refractivity contribution in [3.05, 3.63) is 90.8 Å². The predicted octanol–water partition coefficient (Wildman–Crippen LogP) is 4.72. The van der Waals surface area contributed by atoms with Gasteiger partial charge in [0, 0.05) is 29.9 Å². The van der Waals surface area contributed by atoms with Crippen LogP contribution in [0.15, 0.2) is 59.4 Å². The lowest BCUT2D eigenvalue weighted by atomic mass is 9.96. The third-order valence-electron chi connectivity index (χ3n) is 9.03. The average molecular weight is 672 g/mol. The molecule has 1 aromatic heterocycles. The van der Waals surface area contributed by atoms with E-state index in [9.17, 15) is 19.5 Å². The molecule has 3 heterocycles. The summed E-state index contributed by atoms with van der Waals surface area (Å²) in [6.07, 6.45) is 5.22. The number of thiocarbonyl (C=S) groups is 1. The second-order valence-corrected chi connectivity index (χ2v) is 14.4. The molecule has 1 N–H and O–H groups in total. The van der Waals surface area contributed by atoms with E-state index in [1.165, 1.54) is 32.1 Å². The number of hydrogen-bond donors (Lipinski definition) is 1. The summed E-state index contributed by atoms with van der Waals surface area (Å²) in [5, 5.41) is 11.8. The highest BCUT2D eigenvalue weighted by Crippen LogP contribution is 2.52. The smallest absolute Gasteiger partial charge is 0.326 e. The minimum atomic E-state index is -0.534. The SMILES string of the molecule is CCOC(=O)Cn1c(=C2SC(=S)N(CC)C2=O)sc(=Cc2ccc3c(c2)C2CCCC2N3c2ccc3cc(CO)ccc3c2)c1=O. The van der Waals surface area contributed by atoms with Gasteiger partial charge in [0.15, 0.2) is 0 Å². The second kappa shape index (κ2) is 12.4. The normalized spacial score (nSPS) is 20.6. The zero-order chi connectivity index (χ0) is 32.1.